The lowest BCUT2D eigenvalue weighted by molar-refractivity contribution is -0.114. The Balaban J connectivity index is 1.48. The SMILES string of the molecule is COCCNC(=O)c1cccc(NC(=O)CNc2ccc(C(=O)N3CCCC3)cc2)c1. The van der Waals surface area contributed by atoms with E-state index in [-0.39, 0.29) is 24.3 Å². The molecule has 0 aliphatic carbocycles. The molecular weight excluding hydrogens is 396 g/mol. The van der Waals surface area contributed by atoms with Crippen LogP contribution in [0, 0.1) is 0 Å². The van der Waals surface area contributed by atoms with Crippen LogP contribution in [0.25, 0.3) is 0 Å². The minimum atomic E-state index is -0.242. The molecule has 2 aromatic rings. The summed E-state index contributed by atoms with van der Waals surface area (Å²) in [5.41, 5.74) is 2.40. The van der Waals surface area contributed by atoms with Gasteiger partial charge in [0.05, 0.1) is 13.2 Å². The van der Waals surface area contributed by atoms with E-state index in [1.165, 1.54) is 0 Å². The standard InChI is InChI=1S/C23H28N4O4/c1-31-14-11-24-22(29)18-5-4-6-20(15-18)26-21(28)16-25-19-9-7-17(8-10-19)23(30)27-12-2-3-13-27/h4-10,15,25H,2-3,11-14,16H2,1H3,(H,24,29)(H,26,28). The summed E-state index contributed by atoms with van der Waals surface area (Å²) in [4.78, 5) is 38.6. The summed E-state index contributed by atoms with van der Waals surface area (Å²) in [7, 11) is 1.57. The predicted molar refractivity (Wildman–Crippen MR) is 119 cm³/mol. The number of anilines is 2. The van der Waals surface area contributed by atoms with E-state index in [1.807, 2.05) is 4.90 Å². The fourth-order valence-electron chi connectivity index (χ4n) is 3.33. The van der Waals surface area contributed by atoms with Gasteiger partial charge in [-0.2, -0.15) is 0 Å². The Morgan fingerprint density at radius 3 is 2.42 bits per heavy atom. The maximum absolute atomic E-state index is 12.4. The highest BCUT2D eigenvalue weighted by Crippen LogP contribution is 2.16. The molecule has 164 valence electrons. The van der Waals surface area contributed by atoms with Crippen LogP contribution in [0.4, 0.5) is 11.4 Å². The van der Waals surface area contributed by atoms with Crippen molar-refractivity contribution in [3.63, 3.8) is 0 Å². The van der Waals surface area contributed by atoms with E-state index in [4.69, 9.17) is 4.74 Å². The van der Waals surface area contributed by atoms with Crippen molar-refractivity contribution in [1.29, 1.82) is 0 Å². The van der Waals surface area contributed by atoms with Gasteiger partial charge in [0.1, 0.15) is 0 Å². The van der Waals surface area contributed by atoms with Crippen LogP contribution in [0.2, 0.25) is 0 Å². The smallest absolute Gasteiger partial charge is 0.253 e. The molecule has 3 N–H and O–H groups in total. The number of hydrogen-bond acceptors (Lipinski definition) is 5. The number of hydrogen-bond donors (Lipinski definition) is 3. The summed E-state index contributed by atoms with van der Waals surface area (Å²) < 4.78 is 4.91. The van der Waals surface area contributed by atoms with E-state index in [0.29, 0.717) is 30.0 Å². The average Bonchev–Trinajstić information content (AvgIpc) is 3.33. The van der Waals surface area contributed by atoms with E-state index < -0.39 is 0 Å². The molecule has 8 heteroatoms. The van der Waals surface area contributed by atoms with E-state index in [0.717, 1.165) is 31.6 Å². The Morgan fingerprint density at radius 1 is 0.968 bits per heavy atom. The molecule has 1 heterocycles. The molecule has 0 aromatic heterocycles. The maximum Gasteiger partial charge on any atom is 0.253 e. The average molecular weight is 425 g/mol. The zero-order chi connectivity index (χ0) is 22.1. The normalized spacial score (nSPS) is 13.0. The van der Waals surface area contributed by atoms with Crippen LogP contribution < -0.4 is 16.0 Å². The minimum absolute atomic E-state index is 0.0490. The van der Waals surface area contributed by atoms with Gasteiger partial charge < -0.3 is 25.6 Å². The van der Waals surface area contributed by atoms with Crippen molar-refractivity contribution in [3.05, 3.63) is 59.7 Å². The summed E-state index contributed by atoms with van der Waals surface area (Å²) >= 11 is 0. The van der Waals surface area contributed by atoms with Gasteiger partial charge in [0.25, 0.3) is 11.8 Å². The predicted octanol–water partition coefficient (Wildman–Crippen LogP) is 2.35. The third-order valence-electron chi connectivity index (χ3n) is 4.98. The molecule has 0 bridgehead atoms. The number of amides is 3. The molecule has 3 amide bonds. The molecule has 0 radical (unpaired) electrons. The first kappa shape index (κ1) is 22.3. The van der Waals surface area contributed by atoms with Crippen molar-refractivity contribution < 1.29 is 19.1 Å². The highest BCUT2D eigenvalue weighted by molar-refractivity contribution is 5.98. The quantitative estimate of drug-likeness (QED) is 0.537. The summed E-state index contributed by atoms with van der Waals surface area (Å²) in [6, 6.07) is 13.9. The zero-order valence-electron chi connectivity index (χ0n) is 17.6. The van der Waals surface area contributed by atoms with Gasteiger partial charge in [-0.15, -0.1) is 0 Å². The van der Waals surface area contributed by atoms with Crippen LogP contribution in [-0.4, -0.2) is 62.5 Å². The highest BCUT2D eigenvalue weighted by Gasteiger charge is 2.19. The van der Waals surface area contributed by atoms with Crippen LogP contribution >= 0.6 is 0 Å². The first-order chi connectivity index (χ1) is 15.1. The number of ether oxygens (including phenoxy) is 1. The fraction of sp³-hybridized carbons (Fsp3) is 0.348. The van der Waals surface area contributed by atoms with Crippen molar-refractivity contribution in [1.82, 2.24) is 10.2 Å². The van der Waals surface area contributed by atoms with Gasteiger partial charge in [-0.1, -0.05) is 6.07 Å². The lowest BCUT2D eigenvalue weighted by atomic mass is 10.2. The monoisotopic (exact) mass is 424 g/mol. The summed E-state index contributed by atoms with van der Waals surface area (Å²) in [6.45, 7) is 2.53. The molecule has 8 nitrogen and oxygen atoms in total. The molecule has 1 aliphatic heterocycles. The Hall–Kier alpha value is -3.39. The Kier molecular flexibility index (Phi) is 8.00. The van der Waals surface area contributed by atoms with Crippen LogP contribution in [0.5, 0.6) is 0 Å². The van der Waals surface area contributed by atoms with Crippen molar-refractivity contribution in [2.24, 2.45) is 0 Å². The van der Waals surface area contributed by atoms with Crippen LogP contribution in [0.3, 0.4) is 0 Å². The second-order valence-corrected chi connectivity index (χ2v) is 7.31. The maximum atomic E-state index is 12.4. The second kappa shape index (κ2) is 11.1. The number of nitrogens with one attached hydrogen (secondary N) is 3. The molecule has 31 heavy (non-hydrogen) atoms. The molecular formula is C23H28N4O4. The molecule has 2 aromatic carbocycles. The largest absolute Gasteiger partial charge is 0.383 e. The Bertz CT molecular complexity index is 908. The van der Waals surface area contributed by atoms with Gasteiger partial charge in [0.15, 0.2) is 0 Å². The van der Waals surface area contributed by atoms with Gasteiger partial charge in [-0.05, 0) is 55.3 Å². The lowest BCUT2D eigenvalue weighted by Gasteiger charge is -2.15. The number of carbonyl (C=O) groups excluding carboxylic acids is 3. The Labute approximate surface area is 182 Å². The minimum Gasteiger partial charge on any atom is -0.383 e. The van der Waals surface area contributed by atoms with E-state index in [1.54, 1.807) is 55.6 Å². The Morgan fingerprint density at radius 2 is 1.71 bits per heavy atom. The van der Waals surface area contributed by atoms with Gasteiger partial charge in [-0.25, -0.2) is 0 Å². The molecule has 1 fully saturated rings. The molecule has 0 saturated carbocycles. The number of likely N-dealkylation sites (tertiary alicyclic amines) is 1. The third-order valence-corrected chi connectivity index (χ3v) is 4.98. The van der Waals surface area contributed by atoms with Crippen molar-refractivity contribution >= 4 is 29.1 Å². The van der Waals surface area contributed by atoms with Gasteiger partial charge >= 0.3 is 0 Å². The van der Waals surface area contributed by atoms with Crippen molar-refractivity contribution in [2.45, 2.75) is 12.8 Å². The molecule has 1 aliphatic rings. The number of nitrogens with zero attached hydrogens (tertiary/aromatic N) is 1. The summed E-state index contributed by atoms with van der Waals surface area (Å²) in [5, 5.41) is 8.56. The third kappa shape index (κ3) is 6.55. The number of rotatable bonds is 9. The van der Waals surface area contributed by atoms with Crippen molar-refractivity contribution in [3.8, 4) is 0 Å². The van der Waals surface area contributed by atoms with Gasteiger partial charge in [0, 0.05) is 49.2 Å². The summed E-state index contributed by atoms with van der Waals surface area (Å²) in [6.07, 6.45) is 2.11. The second-order valence-electron chi connectivity index (χ2n) is 7.31. The van der Waals surface area contributed by atoms with Gasteiger partial charge in [-0.3, -0.25) is 14.4 Å². The fourth-order valence-corrected chi connectivity index (χ4v) is 3.33. The molecule has 3 rings (SSSR count). The summed E-state index contributed by atoms with van der Waals surface area (Å²) in [5.74, 6) is -0.420. The lowest BCUT2D eigenvalue weighted by Crippen LogP contribution is -2.27. The molecule has 0 unspecified atom stereocenters. The first-order valence-electron chi connectivity index (χ1n) is 10.4. The van der Waals surface area contributed by atoms with E-state index in [9.17, 15) is 14.4 Å². The first-order valence-corrected chi connectivity index (χ1v) is 10.4. The molecule has 0 atom stereocenters. The van der Waals surface area contributed by atoms with Crippen LogP contribution in [0.15, 0.2) is 48.5 Å². The number of benzene rings is 2. The van der Waals surface area contributed by atoms with Crippen LogP contribution in [-0.2, 0) is 9.53 Å². The number of carbonyl (C=O) groups is 3. The molecule has 1 saturated heterocycles. The topological polar surface area (TPSA) is 99.8 Å². The van der Waals surface area contributed by atoms with Gasteiger partial charge in [0.2, 0.25) is 5.91 Å². The van der Waals surface area contributed by atoms with E-state index >= 15 is 0 Å². The van der Waals surface area contributed by atoms with Crippen LogP contribution in [0.1, 0.15) is 33.6 Å². The number of methoxy groups -OCH3 is 1. The highest BCUT2D eigenvalue weighted by atomic mass is 16.5. The zero-order valence-corrected chi connectivity index (χ0v) is 17.6. The van der Waals surface area contributed by atoms with E-state index in [2.05, 4.69) is 16.0 Å². The van der Waals surface area contributed by atoms with Crippen molar-refractivity contribution in [2.75, 3.05) is 50.5 Å². The molecule has 0 spiro atoms.